The smallest absolute Gasteiger partial charge is 0.324 e. The number of ether oxygens (including phenoxy) is 1. The number of hydrogen-bond donors (Lipinski definition) is 1. The van der Waals surface area contributed by atoms with Gasteiger partial charge in [0.05, 0.1) is 19.8 Å². The molecular weight excluding hydrogens is 344 g/mol. The number of benzene rings is 2. The number of aliphatic carboxylic acids is 1. The first-order valence-electron chi connectivity index (χ1n) is 9.12. The van der Waals surface area contributed by atoms with E-state index in [9.17, 15) is 9.59 Å². The molecule has 1 fully saturated rings. The van der Waals surface area contributed by atoms with E-state index in [1.165, 1.54) is 0 Å². The Labute approximate surface area is 159 Å². The largest absolute Gasteiger partial charge is 0.481 e. The van der Waals surface area contributed by atoms with Gasteiger partial charge in [-0.1, -0.05) is 42.5 Å². The van der Waals surface area contributed by atoms with Gasteiger partial charge in [0, 0.05) is 25.2 Å². The second-order valence-corrected chi connectivity index (χ2v) is 6.51. The van der Waals surface area contributed by atoms with Crippen LogP contribution < -0.4 is 4.90 Å². The Bertz CT molecular complexity index is 756. The minimum atomic E-state index is -0.801. The number of morpholine rings is 1. The monoisotopic (exact) mass is 368 g/mol. The first kappa shape index (κ1) is 18.9. The number of anilines is 1. The molecule has 0 aromatic heterocycles. The highest BCUT2D eigenvalue weighted by Gasteiger charge is 2.24. The molecule has 0 unspecified atom stereocenters. The fourth-order valence-electron chi connectivity index (χ4n) is 3.05. The summed E-state index contributed by atoms with van der Waals surface area (Å²) in [6.07, 6.45) is 0.621. The third kappa shape index (κ3) is 5.31. The summed E-state index contributed by atoms with van der Waals surface area (Å²) in [4.78, 5) is 27.4. The predicted molar refractivity (Wildman–Crippen MR) is 103 cm³/mol. The van der Waals surface area contributed by atoms with Gasteiger partial charge in [-0.25, -0.2) is 4.79 Å². The molecule has 6 heteroatoms. The van der Waals surface area contributed by atoms with Crippen molar-refractivity contribution < 1.29 is 19.4 Å². The topological polar surface area (TPSA) is 70.1 Å². The first-order chi connectivity index (χ1) is 13.1. The third-order valence-electron chi connectivity index (χ3n) is 4.57. The van der Waals surface area contributed by atoms with Crippen LogP contribution in [0, 0.1) is 0 Å². The minimum absolute atomic E-state index is 0.0283. The van der Waals surface area contributed by atoms with Crippen LogP contribution in [0.3, 0.4) is 0 Å². The van der Waals surface area contributed by atoms with Crippen molar-refractivity contribution in [2.45, 2.75) is 19.4 Å². The zero-order valence-electron chi connectivity index (χ0n) is 15.2. The molecule has 142 valence electrons. The van der Waals surface area contributed by atoms with Gasteiger partial charge in [0.1, 0.15) is 0 Å². The van der Waals surface area contributed by atoms with E-state index in [1.54, 1.807) is 4.90 Å². The van der Waals surface area contributed by atoms with Crippen molar-refractivity contribution in [1.29, 1.82) is 0 Å². The van der Waals surface area contributed by atoms with E-state index >= 15 is 0 Å². The summed E-state index contributed by atoms with van der Waals surface area (Å²) in [6, 6.07) is 17.4. The minimum Gasteiger partial charge on any atom is -0.481 e. The van der Waals surface area contributed by atoms with Crippen molar-refractivity contribution in [2.75, 3.05) is 31.2 Å². The molecule has 0 bridgehead atoms. The van der Waals surface area contributed by atoms with Crippen molar-refractivity contribution >= 4 is 17.7 Å². The number of nitrogens with zero attached hydrogens (tertiary/aromatic N) is 2. The number of amides is 2. The average Bonchev–Trinajstić information content (AvgIpc) is 2.72. The Morgan fingerprint density at radius 1 is 0.963 bits per heavy atom. The van der Waals surface area contributed by atoms with Gasteiger partial charge < -0.3 is 14.7 Å². The number of carboxylic acid groups (broad SMARTS) is 1. The van der Waals surface area contributed by atoms with Crippen molar-refractivity contribution in [3.63, 3.8) is 0 Å². The van der Waals surface area contributed by atoms with Crippen LogP contribution in [0.15, 0.2) is 54.6 Å². The van der Waals surface area contributed by atoms with Crippen LogP contribution in [0.1, 0.15) is 17.5 Å². The lowest BCUT2D eigenvalue weighted by Gasteiger charge is -2.33. The molecule has 3 rings (SSSR count). The standard InChI is InChI=1S/C21H24N2O4/c24-20(25)11-10-17-6-8-18(9-7-17)16-23(19-4-2-1-3-5-19)21(26)22-12-14-27-15-13-22/h1-9H,10-16H2,(H,24,25). The number of aryl methyl sites for hydroxylation is 1. The molecule has 0 saturated carbocycles. The van der Waals surface area contributed by atoms with Crippen molar-refractivity contribution in [2.24, 2.45) is 0 Å². The maximum atomic E-state index is 13.1. The van der Waals surface area contributed by atoms with E-state index in [1.807, 2.05) is 59.5 Å². The Kier molecular flexibility index (Phi) is 6.44. The molecule has 1 heterocycles. The molecule has 1 aliphatic heterocycles. The highest BCUT2D eigenvalue weighted by atomic mass is 16.5. The molecule has 1 aliphatic rings. The Hall–Kier alpha value is -2.86. The molecule has 1 N–H and O–H groups in total. The Balaban J connectivity index is 1.75. The second-order valence-electron chi connectivity index (χ2n) is 6.51. The molecular formula is C21H24N2O4. The highest BCUT2D eigenvalue weighted by molar-refractivity contribution is 5.92. The summed E-state index contributed by atoms with van der Waals surface area (Å²) >= 11 is 0. The SMILES string of the molecule is O=C(O)CCc1ccc(CN(C(=O)N2CCOCC2)c2ccccc2)cc1. The van der Waals surface area contributed by atoms with Crippen LogP contribution in [-0.2, 0) is 22.5 Å². The summed E-state index contributed by atoms with van der Waals surface area (Å²) < 4.78 is 5.35. The molecule has 6 nitrogen and oxygen atoms in total. The normalized spacial score (nSPS) is 14.0. The van der Waals surface area contributed by atoms with Crippen LogP contribution in [0.4, 0.5) is 10.5 Å². The molecule has 0 aliphatic carbocycles. The van der Waals surface area contributed by atoms with Crippen molar-refractivity contribution in [1.82, 2.24) is 4.90 Å². The maximum absolute atomic E-state index is 13.1. The van der Waals surface area contributed by atoms with E-state index in [0.29, 0.717) is 39.3 Å². The zero-order valence-corrected chi connectivity index (χ0v) is 15.2. The number of rotatable bonds is 6. The van der Waals surface area contributed by atoms with Crippen LogP contribution in [-0.4, -0.2) is 48.3 Å². The molecule has 2 aromatic rings. The van der Waals surface area contributed by atoms with Crippen LogP contribution in [0.5, 0.6) is 0 Å². The molecule has 27 heavy (non-hydrogen) atoms. The van der Waals surface area contributed by atoms with E-state index < -0.39 is 5.97 Å². The Morgan fingerprint density at radius 2 is 1.59 bits per heavy atom. The molecule has 0 radical (unpaired) electrons. The van der Waals surface area contributed by atoms with Gasteiger partial charge in [-0.05, 0) is 29.7 Å². The number of carbonyl (C=O) groups is 2. The van der Waals surface area contributed by atoms with Gasteiger partial charge in [-0.15, -0.1) is 0 Å². The first-order valence-corrected chi connectivity index (χ1v) is 9.12. The van der Waals surface area contributed by atoms with Gasteiger partial charge in [0.25, 0.3) is 0 Å². The number of carboxylic acids is 1. The van der Waals surface area contributed by atoms with E-state index in [0.717, 1.165) is 16.8 Å². The van der Waals surface area contributed by atoms with Gasteiger partial charge in [-0.2, -0.15) is 0 Å². The van der Waals surface area contributed by atoms with E-state index in [4.69, 9.17) is 9.84 Å². The lowest BCUT2D eigenvalue weighted by atomic mass is 10.1. The summed E-state index contributed by atoms with van der Waals surface area (Å²) in [5.74, 6) is -0.801. The van der Waals surface area contributed by atoms with E-state index in [2.05, 4.69) is 0 Å². The molecule has 2 aromatic carbocycles. The third-order valence-corrected chi connectivity index (χ3v) is 4.57. The van der Waals surface area contributed by atoms with Gasteiger partial charge >= 0.3 is 12.0 Å². The van der Waals surface area contributed by atoms with Crippen LogP contribution in [0.2, 0.25) is 0 Å². The molecule has 2 amide bonds. The molecule has 0 spiro atoms. The lowest BCUT2D eigenvalue weighted by Crippen LogP contribution is -2.48. The lowest BCUT2D eigenvalue weighted by molar-refractivity contribution is -0.136. The van der Waals surface area contributed by atoms with E-state index in [-0.39, 0.29) is 12.5 Å². The summed E-state index contributed by atoms with van der Waals surface area (Å²) in [5.41, 5.74) is 2.83. The quantitative estimate of drug-likeness (QED) is 0.850. The summed E-state index contributed by atoms with van der Waals surface area (Å²) in [7, 11) is 0. The van der Waals surface area contributed by atoms with Crippen LogP contribution in [0.25, 0.3) is 0 Å². The fourth-order valence-corrected chi connectivity index (χ4v) is 3.05. The average molecular weight is 368 g/mol. The maximum Gasteiger partial charge on any atom is 0.324 e. The number of carbonyl (C=O) groups excluding carboxylic acids is 1. The Morgan fingerprint density at radius 3 is 2.22 bits per heavy atom. The summed E-state index contributed by atoms with van der Waals surface area (Å²) in [5, 5.41) is 8.80. The van der Waals surface area contributed by atoms with Crippen molar-refractivity contribution in [3.05, 3.63) is 65.7 Å². The summed E-state index contributed by atoms with van der Waals surface area (Å²) in [6.45, 7) is 2.77. The van der Waals surface area contributed by atoms with Crippen LogP contribution >= 0.6 is 0 Å². The highest BCUT2D eigenvalue weighted by Crippen LogP contribution is 2.20. The number of urea groups is 1. The van der Waals surface area contributed by atoms with Gasteiger partial charge in [-0.3, -0.25) is 9.69 Å². The molecule has 1 saturated heterocycles. The molecule has 0 atom stereocenters. The predicted octanol–water partition coefficient (Wildman–Crippen LogP) is 3.16. The fraction of sp³-hybridized carbons (Fsp3) is 0.333. The second kappa shape index (κ2) is 9.19. The van der Waals surface area contributed by atoms with Gasteiger partial charge in [0.15, 0.2) is 0 Å². The zero-order chi connectivity index (χ0) is 19.1. The van der Waals surface area contributed by atoms with Crippen molar-refractivity contribution in [3.8, 4) is 0 Å². The number of hydrogen-bond acceptors (Lipinski definition) is 3. The van der Waals surface area contributed by atoms with Gasteiger partial charge in [0.2, 0.25) is 0 Å². The number of para-hydroxylation sites is 1.